The van der Waals surface area contributed by atoms with Gasteiger partial charge in [0.05, 0.1) is 10.5 Å². The van der Waals surface area contributed by atoms with E-state index in [0.29, 0.717) is 34.1 Å². The van der Waals surface area contributed by atoms with Gasteiger partial charge in [-0.15, -0.1) is 0 Å². The van der Waals surface area contributed by atoms with Gasteiger partial charge in [-0.05, 0) is 32.4 Å². The number of aryl methyl sites for hydroxylation is 2. The van der Waals surface area contributed by atoms with Gasteiger partial charge in [-0.25, -0.2) is 9.97 Å². The van der Waals surface area contributed by atoms with Crippen LogP contribution in [0.25, 0.3) is 0 Å². The first-order valence-electron chi connectivity index (χ1n) is 5.90. The summed E-state index contributed by atoms with van der Waals surface area (Å²) >= 11 is 0. The summed E-state index contributed by atoms with van der Waals surface area (Å²) in [4.78, 5) is 18.3. The van der Waals surface area contributed by atoms with Crippen molar-refractivity contribution in [3.8, 4) is 11.6 Å². The first-order chi connectivity index (χ1) is 9.40. The van der Waals surface area contributed by atoms with Crippen molar-refractivity contribution in [3.05, 3.63) is 45.3 Å². The Balaban J connectivity index is 2.42. The van der Waals surface area contributed by atoms with E-state index in [2.05, 4.69) is 9.97 Å². The van der Waals surface area contributed by atoms with E-state index in [1.165, 1.54) is 12.4 Å². The minimum atomic E-state index is -0.417. The van der Waals surface area contributed by atoms with Crippen molar-refractivity contribution >= 4 is 11.5 Å². The van der Waals surface area contributed by atoms with Crippen molar-refractivity contribution in [2.75, 3.05) is 5.73 Å². The fourth-order valence-electron chi connectivity index (χ4n) is 1.73. The molecule has 1 heterocycles. The molecule has 7 heteroatoms. The van der Waals surface area contributed by atoms with Crippen molar-refractivity contribution in [2.24, 2.45) is 0 Å². The molecule has 1 aromatic heterocycles. The first kappa shape index (κ1) is 13.7. The summed E-state index contributed by atoms with van der Waals surface area (Å²) < 4.78 is 5.68. The molecule has 2 N–H and O–H groups in total. The third-order valence-corrected chi connectivity index (χ3v) is 2.97. The quantitative estimate of drug-likeness (QED) is 0.681. The SMILES string of the molecule is Cc1cc([N+](=O)[O-])c(C)cc1Oc1ncnc(N)c1C. The fraction of sp³-hybridized carbons (Fsp3) is 0.231. The highest BCUT2D eigenvalue weighted by molar-refractivity contribution is 5.51. The predicted octanol–water partition coefficient (Wildman–Crippen LogP) is 2.68. The van der Waals surface area contributed by atoms with E-state index < -0.39 is 4.92 Å². The van der Waals surface area contributed by atoms with Crippen LogP contribution < -0.4 is 10.5 Å². The first-order valence-corrected chi connectivity index (χ1v) is 5.90. The molecule has 1 aromatic carbocycles. The Morgan fingerprint density at radius 3 is 2.55 bits per heavy atom. The average molecular weight is 274 g/mol. The standard InChI is InChI=1S/C13H14N4O3/c1-7-5-11(8(2)4-10(7)17(18)19)20-13-9(3)12(14)15-6-16-13/h4-6H,1-3H3,(H2,14,15,16). The number of ether oxygens (including phenoxy) is 1. The molecule has 0 saturated carbocycles. The number of nitro benzene ring substituents is 1. The number of benzene rings is 1. The van der Waals surface area contributed by atoms with Gasteiger partial charge < -0.3 is 10.5 Å². The number of hydrogen-bond donors (Lipinski definition) is 1. The van der Waals surface area contributed by atoms with Gasteiger partial charge in [0, 0.05) is 11.6 Å². The summed E-state index contributed by atoms with van der Waals surface area (Å²) in [5.74, 6) is 1.19. The summed E-state index contributed by atoms with van der Waals surface area (Å²) in [6, 6.07) is 3.09. The lowest BCUT2D eigenvalue weighted by Gasteiger charge is -2.11. The molecule has 0 aliphatic rings. The normalized spacial score (nSPS) is 10.3. The molecule has 0 aliphatic carbocycles. The van der Waals surface area contributed by atoms with Crippen LogP contribution in [0, 0.1) is 30.9 Å². The Bertz CT molecular complexity index is 686. The molecule has 0 fully saturated rings. The van der Waals surface area contributed by atoms with Crippen LogP contribution in [0.5, 0.6) is 11.6 Å². The zero-order chi connectivity index (χ0) is 14.9. The molecular formula is C13H14N4O3. The zero-order valence-corrected chi connectivity index (χ0v) is 11.4. The van der Waals surface area contributed by atoms with E-state index in [9.17, 15) is 10.1 Å². The summed E-state index contributed by atoms with van der Waals surface area (Å²) in [6.45, 7) is 5.14. The van der Waals surface area contributed by atoms with Gasteiger partial charge in [-0.3, -0.25) is 10.1 Å². The Kier molecular flexibility index (Phi) is 3.51. The Hall–Kier alpha value is -2.70. The molecule has 20 heavy (non-hydrogen) atoms. The second-order valence-corrected chi connectivity index (χ2v) is 4.45. The maximum Gasteiger partial charge on any atom is 0.272 e. The maximum absolute atomic E-state index is 10.9. The van der Waals surface area contributed by atoms with Crippen LogP contribution in [0.4, 0.5) is 11.5 Å². The molecule has 0 atom stereocenters. The van der Waals surface area contributed by atoms with Crippen LogP contribution in [0.3, 0.4) is 0 Å². The summed E-state index contributed by atoms with van der Waals surface area (Å²) in [5, 5.41) is 10.9. The summed E-state index contributed by atoms with van der Waals surface area (Å²) in [6.07, 6.45) is 1.31. The van der Waals surface area contributed by atoms with Gasteiger partial charge in [-0.2, -0.15) is 0 Å². The van der Waals surface area contributed by atoms with Crippen LogP contribution >= 0.6 is 0 Å². The van der Waals surface area contributed by atoms with Crippen molar-refractivity contribution in [3.63, 3.8) is 0 Å². The number of nitro groups is 1. The number of rotatable bonds is 3. The zero-order valence-electron chi connectivity index (χ0n) is 11.4. The lowest BCUT2D eigenvalue weighted by Crippen LogP contribution is -2.00. The molecule has 104 valence electrons. The van der Waals surface area contributed by atoms with Gasteiger partial charge in [0.1, 0.15) is 17.9 Å². The molecule has 2 rings (SSSR count). The van der Waals surface area contributed by atoms with Gasteiger partial charge >= 0.3 is 0 Å². The number of nitrogens with zero attached hydrogens (tertiary/aromatic N) is 3. The van der Waals surface area contributed by atoms with Gasteiger partial charge in [-0.1, -0.05) is 0 Å². The van der Waals surface area contributed by atoms with E-state index >= 15 is 0 Å². The van der Waals surface area contributed by atoms with Crippen LogP contribution in [0.15, 0.2) is 18.5 Å². The second kappa shape index (κ2) is 5.12. The Morgan fingerprint density at radius 2 is 1.90 bits per heavy atom. The highest BCUT2D eigenvalue weighted by Crippen LogP contribution is 2.32. The minimum Gasteiger partial charge on any atom is -0.438 e. The van der Waals surface area contributed by atoms with Crippen molar-refractivity contribution in [2.45, 2.75) is 20.8 Å². The molecule has 2 aromatic rings. The molecule has 0 unspecified atom stereocenters. The Labute approximate surface area is 115 Å². The van der Waals surface area contributed by atoms with Crippen molar-refractivity contribution < 1.29 is 9.66 Å². The van der Waals surface area contributed by atoms with Gasteiger partial charge in [0.15, 0.2) is 0 Å². The third kappa shape index (κ3) is 2.51. The monoisotopic (exact) mass is 274 g/mol. The molecular weight excluding hydrogens is 260 g/mol. The molecule has 0 saturated heterocycles. The van der Waals surface area contributed by atoms with Gasteiger partial charge in [0.2, 0.25) is 5.88 Å². The lowest BCUT2D eigenvalue weighted by molar-refractivity contribution is -0.385. The number of anilines is 1. The number of nitrogen functional groups attached to an aromatic ring is 1. The van der Waals surface area contributed by atoms with E-state index in [1.54, 1.807) is 26.8 Å². The van der Waals surface area contributed by atoms with Crippen molar-refractivity contribution in [1.29, 1.82) is 0 Å². The Morgan fingerprint density at radius 1 is 1.20 bits per heavy atom. The number of hydrogen-bond acceptors (Lipinski definition) is 6. The summed E-state index contributed by atoms with van der Waals surface area (Å²) in [5.41, 5.74) is 7.55. The van der Waals surface area contributed by atoms with Crippen LogP contribution in [-0.2, 0) is 0 Å². The van der Waals surface area contributed by atoms with E-state index in [0.717, 1.165) is 0 Å². The van der Waals surface area contributed by atoms with E-state index in [-0.39, 0.29) is 5.69 Å². The second-order valence-electron chi connectivity index (χ2n) is 4.45. The summed E-state index contributed by atoms with van der Waals surface area (Å²) in [7, 11) is 0. The minimum absolute atomic E-state index is 0.0637. The molecule has 0 spiro atoms. The van der Waals surface area contributed by atoms with Crippen molar-refractivity contribution in [1.82, 2.24) is 9.97 Å². The molecule has 0 aliphatic heterocycles. The predicted molar refractivity (Wildman–Crippen MR) is 73.8 cm³/mol. The molecule has 0 radical (unpaired) electrons. The highest BCUT2D eigenvalue weighted by atomic mass is 16.6. The molecule has 0 bridgehead atoms. The lowest BCUT2D eigenvalue weighted by atomic mass is 10.1. The topological polar surface area (TPSA) is 104 Å². The van der Waals surface area contributed by atoms with E-state index in [1.807, 2.05) is 0 Å². The number of aromatic nitrogens is 2. The third-order valence-electron chi connectivity index (χ3n) is 2.97. The maximum atomic E-state index is 10.9. The van der Waals surface area contributed by atoms with E-state index in [4.69, 9.17) is 10.5 Å². The molecule has 7 nitrogen and oxygen atoms in total. The smallest absolute Gasteiger partial charge is 0.272 e. The fourth-order valence-corrected chi connectivity index (χ4v) is 1.73. The largest absolute Gasteiger partial charge is 0.438 e. The van der Waals surface area contributed by atoms with Crippen LogP contribution in [0.1, 0.15) is 16.7 Å². The highest BCUT2D eigenvalue weighted by Gasteiger charge is 2.15. The van der Waals surface area contributed by atoms with Crippen LogP contribution in [0.2, 0.25) is 0 Å². The number of nitrogens with two attached hydrogens (primary N) is 1. The van der Waals surface area contributed by atoms with Gasteiger partial charge in [0.25, 0.3) is 5.69 Å². The average Bonchev–Trinajstić information content (AvgIpc) is 2.38. The van der Waals surface area contributed by atoms with Crippen LogP contribution in [-0.4, -0.2) is 14.9 Å². The molecule has 0 amide bonds.